The highest BCUT2D eigenvalue weighted by Crippen LogP contribution is 2.43. The summed E-state index contributed by atoms with van der Waals surface area (Å²) in [6.07, 6.45) is 19.2. The molecule has 1 unspecified atom stereocenters. The molecule has 0 aliphatic heterocycles. The van der Waals surface area contributed by atoms with Gasteiger partial charge in [-0.15, -0.1) is 0 Å². The maximum Gasteiger partial charge on any atom is 0.227 e. The molecule has 3 nitrogen and oxygen atoms in total. The van der Waals surface area contributed by atoms with Crippen molar-refractivity contribution in [1.82, 2.24) is 0 Å². The van der Waals surface area contributed by atoms with Gasteiger partial charge in [-0.1, -0.05) is 150 Å². The van der Waals surface area contributed by atoms with Crippen LogP contribution in [0.25, 0.3) is 0 Å². The monoisotopic (exact) mass is 501 g/mol. The van der Waals surface area contributed by atoms with Crippen LogP contribution in [-0.4, -0.2) is 11.0 Å². The fourth-order valence-electron chi connectivity index (χ4n) is 5.18. The van der Waals surface area contributed by atoms with Gasteiger partial charge in [0.15, 0.2) is 0 Å². The van der Waals surface area contributed by atoms with Crippen molar-refractivity contribution in [2.45, 2.75) is 168 Å². The van der Waals surface area contributed by atoms with Gasteiger partial charge in [-0.25, -0.2) is 0 Å². The SMILES string of the molecule is CCCCCCCCCCCCCCCCC(C)(C(N)=O)c1cc(C(C)(C)C)c(O)c(C(C)(C)C)c1. The third-order valence-corrected chi connectivity index (χ3v) is 7.94. The van der Waals surface area contributed by atoms with E-state index in [4.69, 9.17) is 5.73 Å². The average molecular weight is 502 g/mol. The normalized spacial score (nSPS) is 14.1. The van der Waals surface area contributed by atoms with Crippen molar-refractivity contribution < 1.29 is 9.90 Å². The number of rotatable bonds is 17. The molecule has 3 N–H and O–H groups in total. The van der Waals surface area contributed by atoms with Crippen molar-refractivity contribution in [2.24, 2.45) is 5.73 Å². The van der Waals surface area contributed by atoms with E-state index in [1.54, 1.807) is 0 Å². The molecule has 0 aliphatic rings. The smallest absolute Gasteiger partial charge is 0.227 e. The summed E-state index contributed by atoms with van der Waals surface area (Å²) in [5, 5.41) is 11.1. The van der Waals surface area contributed by atoms with Gasteiger partial charge in [0.1, 0.15) is 5.75 Å². The molecule has 0 radical (unpaired) electrons. The van der Waals surface area contributed by atoms with E-state index in [1.807, 2.05) is 19.1 Å². The number of amides is 1. The number of carbonyl (C=O) groups excluding carboxylic acids is 1. The Balaban J connectivity index is 2.62. The maximum absolute atomic E-state index is 12.8. The Kier molecular flexibility index (Phi) is 13.6. The largest absolute Gasteiger partial charge is 0.507 e. The summed E-state index contributed by atoms with van der Waals surface area (Å²) in [7, 11) is 0. The second-order valence-electron chi connectivity index (χ2n) is 13.5. The van der Waals surface area contributed by atoms with Crippen molar-refractivity contribution in [3.05, 3.63) is 28.8 Å². The number of phenols is 1. The van der Waals surface area contributed by atoms with Gasteiger partial charge in [0, 0.05) is 0 Å². The molecule has 1 atom stereocenters. The molecular formula is C33H59NO2. The Bertz CT molecular complexity index is 749. The van der Waals surface area contributed by atoms with Gasteiger partial charge in [0.2, 0.25) is 5.91 Å². The van der Waals surface area contributed by atoms with Crippen LogP contribution in [0, 0.1) is 0 Å². The van der Waals surface area contributed by atoms with Crippen LogP contribution < -0.4 is 5.73 Å². The lowest BCUT2D eigenvalue weighted by Crippen LogP contribution is -2.39. The number of nitrogens with two attached hydrogens (primary N) is 1. The molecule has 0 aromatic heterocycles. The van der Waals surface area contributed by atoms with Gasteiger partial charge in [-0.05, 0) is 40.9 Å². The van der Waals surface area contributed by atoms with Gasteiger partial charge in [-0.2, -0.15) is 0 Å². The molecule has 1 aromatic rings. The van der Waals surface area contributed by atoms with Gasteiger partial charge in [0.05, 0.1) is 5.41 Å². The molecule has 36 heavy (non-hydrogen) atoms. The summed E-state index contributed by atoms with van der Waals surface area (Å²) in [5.74, 6) is 0.0738. The quantitative estimate of drug-likeness (QED) is 0.209. The standard InChI is InChI=1S/C33H59NO2/c1-9-10-11-12-13-14-15-16-17-18-19-20-21-22-23-33(8,30(34)36)26-24-27(31(2,3)4)29(35)28(25-26)32(5,6)7/h24-25,35H,9-23H2,1-8H3,(H2,34,36). The Morgan fingerprint density at radius 3 is 1.31 bits per heavy atom. The summed E-state index contributed by atoms with van der Waals surface area (Å²) >= 11 is 0. The third kappa shape index (κ3) is 10.5. The first-order valence-electron chi connectivity index (χ1n) is 14.9. The molecule has 0 heterocycles. The van der Waals surface area contributed by atoms with Crippen LogP contribution in [0.1, 0.15) is 168 Å². The number of primary amides is 1. The van der Waals surface area contributed by atoms with E-state index in [2.05, 4.69) is 48.5 Å². The number of unbranched alkanes of at least 4 members (excludes halogenated alkanes) is 13. The molecule has 1 aromatic carbocycles. The zero-order valence-electron chi connectivity index (χ0n) is 25.2. The lowest BCUT2D eigenvalue weighted by atomic mass is 9.71. The molecule has 0 saturated carbocycles. The first kappa shape index (κ1) is 32.5. The molecule has 1 amide bonds. The minimum absolute atomic E-state index is 0.228. The number of benzene rings is 1. The lowest BCUT2D eigenvalue weighted by molar-refractivity contribution is -0.123. The zero-order chi connectivity index (χ0) is 27.4. The second-order valence-corrected chi connectivity index (χ2v) is 13.5. The van der Waals surface area contributed by atoms with E-state index in [9.17, 15) is 9.90 Å². The van der Waals surface area contributed by atoms with Crippen LogP contribution in [0.4, 0.5) is 0 Å². The first-order chi connectivity index (χ1) is 16.7. The Morgan fingerprint density at radius 2 is 1.00 bits per heavy atom. The molecule has 208 valence electrons. The topological polar surface area (TPSA) is 63.3 Å². The highest BCUT2D eigenvalue weighted by atomic mass is 16.3. The number of phenolic OH excluding ortho intramolecular Hbond substituents is 1. The zero-order valence-corrected chi connectivity index (χ0v) is 25.2. The summed E-state index contributed by atoms with van der Waals surface area (Å²) in [6.45, 7) is 16.9. The minimum Gasteiger partial charge on any atom is -0.507 e. The van der Waals surface area contributed by atoms with E-state index >= 15 is 0 Å². The first-order valence-corrected chi connectivity index (χ1v) is 14.9. The predicted octanol–water partition coefficient (Wildman–Crippen LogP) is 9.60. The van der Waals surface area contributed by atoms with Crippen molar-refractivity contribution in [1.29, 1.82) is 0 Å². The van der Waals surface area contributed by atoms with Crippen LogP contribution in [0.2, 0.25) is 0 Å². The van der Waals surface area contributed by atoms with Crippen molar-refractivity contribution in [3.63, 3.8) is 0 Å². The molecule has 0 saturated heterocycles. The summed E-state index contributed by atoms with van der Waals surface area (Å²) in [6, 6.07) is 4.05. The van der Waals surface area contributed by atoms with Crippen molar-refractivity contribution in [3.8, 4) is 5.75 Å². The van der Waals surface area contributed by atoms with Gasteiger partial charge < -0.3 is 10.8 Å². The number of hydrogen-bond donors (Lipinski definition) is 2. The number of aromatic hydroxyl groups is 1. The summed E-state index contributed by atoms with van der Waals surface area (Å²) in [5.41, 5.74) is 7.54. The molecular weight excluding hydrogens is 442 g/mol. The van der Waals surface area contributed by atoms with Crippen molar-refractivity contribution in [2.75, 3.05) is 0 Å². The Morgan fingerprint density at radius 1 is 0.667 bits per heavy atom. The lowest BCUT2D eigenvalue weighted by Gasteiger charge is -2.33. The third-order valence-electron chi connectivity index (χ3n) is 7.94. The number of hydrogen-bond acceptors (Lipinski definition) is 2. The summed E-state index contributed by atoms with van der Waals surface area (Å²) < 4.78 is 0. The van der Waals surface area contributed by atoms with E-state index in [0.717, 1.165) is 36.0 Å². The Labute approximate surface area is 224 Å². The number of carbonyl (C=O) groups is 1. The molecule has 0 bridgehead atoms. The second kappa shape index (κ2) is 15.0. The molecule has 1 rings (SSSR count). The highest BCUT2D eigenvalue weighted by Gasteiger charge is 2.36. The fraction of sp³-hybridized carbons (Fsp3) is 0.788. The van der Waals surface area contributed by atoms with Crippen LogP contribution in [-0.2, 0) is 21.0 Å². The Hall–Kier alpha value is -1.51. The average Bonchev–Trinajstić information content (AvgIpc) is 2.77. The van der Waals surface area contributed by atoms with Crippen LogP contribution in [0.15, 0.2) is 12.1 Å². The maximum atomic E-state index is 12.8. The van der Waals surface area contributed by atoms with Gasteiger partial charge in [-0.3, -0.25) is 4.79 Å². The molecule has 3 heteroatoms. The van der Waals surface area contributed by atoms with Crippen LogP contribution in [0.3, 0.4) is 0 Å². The predicted molar refractivity (Wildman–Crippen MR) is 157 cm³/mol. The van der Waals surface area contributed by atoms with Crippen molar-refractivity contribution >= 4 is 5.91 Å². The van der Waals surface area contributed by atoms with Gasteiger partial charge in [0.25, 0.3) is 0 Å². The summed E-state index contributed by atoms with van der Waals surface area (Å²) in [4.78, 5) is 12.8. The van der Waals surface area contributed by atoms with Crippen LogP contribution in [0.5, 0.6) is 5.75 Å². The van der Waals surface area contributed by atoms with Gasteiger partial charge >= 0.3 is 0 Å². The van der Waals surface area contributed by atoms with Crippen LogP contribution >= 0.6 is 0 Å². The fourth-order valence-corrected chi connectivity index (χ4v) is 5.18. The van der Waals surface area contributed by atoms with E-state index in [-0.39, 0.29) is 16.7 Å². The van der Waals surface area contributed by atoms with E-state index in [0.29, 0.717) is 5.75 Å². The van der Waals surface area contributed by atoms with E-state index < -0.39 is 5.41 Å². The molecule has 0 spiro atoms. The highest BCUT2D eigenvalue weighted by molar-refractivity contribution is 5.86. The van der Waals surface area contributed by atoms with E-state index in [1.165, 1.54) is 77.0 Å². The minimum atomic E-state index is -0.731. The molecule has 0 aliphatic carbocycles. The molecule has 0 fully saturated rings.